The Bertz CT molecular complexity index is 1160. The Morgan fingerprint density at radius 3 is 2.63 bits per heavy atom. The maximum atomic E-state index is 14.7. The average molecular weight is 486 g/mol. The van der Waals surface area contributed by atoms with Crippen LogP contribution in [0.3, 0.4) is 0 Å². The fourth-order valence-electron chi connectivity index (χ4n) is 3.98. The zero-order chi connectivity index (χ0) is 25.0. The van der Waals surface area contributed by atoms with Gasteiger partial charge < -0.3 is 15.2 Å². The largest absolute Gasteiger partial charge is 0.456 e. The van der Waals surface area contributed by atoms with Crippen LogP contribution in [0.25, 0.3) is 0 Å². The van der Waals surface area contributed by atoms with Crippen molar-refractivity contribution in [1.82, 2.24) is 14.9 Å². The summed E-state index contributed by atoms with van der Waals surface area (Å²) in [5.74, 6) is -3.68. The number of hydrogen-bond donors (Lipinski definition) is 2. The van der Waals surface area contributed by atoms with Gasteiger partial charge in [-0.1, -0.05) is 0 Å². The van der Waals surface area contributed by atoms with Crippen molar-refractivity contribution in [3.8, 4) is 11.5 Å². The van der Waals surface area contributed by atoms with E-state index in [4.69, 9.17) is 4.74 Å². The average Bonchev–Trinajstić information content (AvgIpc) is 2.86. The number of aromatic nitrogens is 2. The molecule has 2 atom stereocenters. The van der Waals surface area contributed by atoms with Crippen molar-refractivity contribution in [3.63, 3.8) is 0 Å². The molecule has 3 heterocycles. The van der Waals surface area contributed by atoms with Crippen LogP contribution in [0.2, 0.25) is 0 Å². The third-order valence-electron chi connectivity index (χ3n) is 6.03. The van der Waals surface area contributed by atoms with Crippen molar-refractivity contribution >= 4 is 11.7 Å². The van der Waals surface area contributed by atoms with Gasteiger partial charge in [0.2, 0.25) is 5.91 Å². The number of amides is 1. The van der Waals surface area contributed by atoms with E-state index in [9.17, 15) is 23.1 Å². The fraction of sp³-hybridized carbons (Fsp3) is 0.320. The highest BCUT2D eigenvalue weighted by Crippen LogP contribution is 2.41. The third kappa shape index (κ3) is 5.95. The first-order valence-electron chi connectivity index (χ1n) is 11.1. The van der Waals surface area contributed by atoms with Gasteiger partial charge in [-0.3, -0.25) is 14.7 Å². The molecule has 2 N–H and O–H groups in total. The molecule has 0 bridgehead atoms. The Labute approximate surface area is 200 Å². The summed E-state index contributed by atoms with van der Waals surface area (Å²) in [5.41, 5.74) is 0.698. The first-order valence-corrected chi connectivity index (χ1v) is 11.1. The van der Waals surface area contributed by atoms with Crippen molar-refractivity contribution in [2.45, 2.75) is 37.8 Å². The lowest BCUT2D eigenvalue weighted by molar-refractivity contribution is -0.125. The van der Waals surface area contributed by atoms with Crippen LogP contribution in [0.15, 0.2) is 60.9 Å². The summed E-state index contributed by atoms with van der Waals surface area (Å²) >= 11 is 0. The number of anilines is 1. The molecule has 1 fully saturated rings. The zero-order valence-electron chi connectivity index (χ0n) is 19.0. The molecule has 4 rings (SSSR count). The Morgan fingerprint density at radius 2 is 1.94 bits per heavy atom. The number of hydrogen-bond acceptors (Lipinski definition) is 6. The number of halogens is 3. The first-order chi connectivity index (χ1) is 16.7. The number of carbonyl (C=O) groups is 1. The van der Waals surface area contributed by atoms with Crippen LogP contribution in [0, 0.1) is 5.82 Å². The highest BCUT2D eigenvalue weighted by atomic mass is 19.3. The number of alkyl halides is 2. The Kier molecular flexibility index (Phi) is 7.32. The number of likely N-dealkylation sites (tertiary alicyclic amines) is 1. The summed E-state index contributed by atoms with van der Waals surface area (Å²) in [6.07, 6.45) is 2.43. The molecule has 1 aliphatic rings. The van der Waals surface area contributed by atoms with E-state index in [1.807, 2.05) is 0 Å². The molecule has 0 spiro atoms. The summed E-state index contributed by atoms with van der Waals surface area (Å²) in [4.78, 5) is 22.7. The van der Waals surface area contributed by atoms with Crippen LogP contribution < -0.4 is 10.1 Å². The van der Waals surface area contributed by atoms with E-state index in [-0.39, 0.29) is 43.7 Å². The summed E-state index contributed by atoms with van der Waals surface area (Å²) in [7, 11) is 0. The molecule has 35 heavy (non-hydrogen) atoms. The molecular formula is C25H25F3N4O3. The van der Waals surface area contributed by atoms with Gasteiger partial charge in [-0.2, -0.15) is 0 Å². The van der Waals surface area contributed by atoms with Crippen LogP contribution >= 0.6 is 0 Å². The monoisotopic (exact) mass is 486 g/mol. The van der Waals surface area contributed by atoms with Gasteiger partial charge in [0.25, 0.3) is 5.92 Å². The lowest BCUT2D eigenvalue weighted by atomic mass is 9.86. The summed E-state index contributed by atoms with van der Waals surface area (Å²) in [6.45, 7) is 1.37. The molecule has 10 heteroatoms. The topological polar surface area (TPSA) is 87.6 Å². The van der Waals surface area contributed by atoms with E-state index in [1.165, 1.54) is 48.8 Å². The molecule has 2 aromatic heterocycles. The Hall–Kier alpha value is -3.50. The number of aliphatic hydroxyl groups excluding tert-OH is 1. The minimum Gasteiger partial charge on any atom is -0.456 e. The number of piperidine rings is 1. The summed E-state index contributed by atoms with van der Waals surface area (Å²) in [5, 5.41) is 12.0. The molecule has 0 aliphatic carbocycles. The SMILES string of the molecule is CC(C(=O)Nc1ccc(Oc2ccc(F)cc2)cn1)N1CCC(F)(F)[C@@H](c2ccnc(CO)c2)C1. The van der Waals surface area contributed by atoms with Gasteiger partial charge in [0.1, 0.15) is 23.1 Å². The fourth-order valence-corrected chi connectivity index (χ4v) is 3.98. The van der Waals surface area contributed by atoms with Crippen LogP contribution in [0.5, 0.6) is 11.5 Å². The van der Waals surface area contributed by atoms with Gasteiger partial charge >= 0.3 is 0 Å². The number of nitrogens with zero attached hydrogens (tertiary/aromatic N) is 3. The van der Waals surface area contributed by atoms with Crippen molar-refractivity contribution in [2.75, 3.05) is 18.4 Å². The first kappa shape index (κ1) is 24.6. The minimum atomic E-state index is -2.94. The lowest BCUT2D eigenvalue weighted by Crippen LogP contribution is -2.52. The molecule has 1 aromatic carbocycles. The molecule has 1 amide bonds. The second kappa shape index (κ2) is 10.4. The lowest BCUT2D eigenvalue weighted by Gasteiger charge is -2.40. The molecule has 1 unspecified atom stereocenters. The normalized spacial score (nSPS) is 18.6. The molecule has 1 aliphatic heterocycles. The highest BCUT2D eigenvalue weighted by Gasteiger charge is 2.46. The predicted octanol–water partition coefficient (Wildman–Crippen LogP) is 4.35. The van der Waals surface area contributed by atoms with Gasteiger partial charge in [-0.15, -0.1) is 0 Å². The second-order valence-corrected chi connectivity index (χ2v) is 8.40. The third-order valence-corrected chi connectivity index (χ3v) is 6.03. The van der Waals surface area contributed by atoms with E-state index < -0.39 is 17.9 Å². The Morgan fingerprint density at radius 1 is 1.20 bits per heavy atom. The van der Waals surface area contributed by atoms with E-state index in [0.29, 0.717) is 22.8 Å². The van der Waals surface area contributed by atoms with Crippen molar-refractivity contribution < 1.29 is 27.8 Å². The smallest absolute Gasteiger partial charge is 0.257 e. The molecular weight excluding hydrogens is 461 g/mol. The highest BCUT2D eigenvalue weighted by molar-refractivity contribution is 5.93. The maximum absolute atomic E-state index is 14.7. The van der Waals surface area contributed by atoms with Crippen molar-refractivity contribution in [1.29, 1.82) is 0 Å². The maximum Gasteiger partial charge on any atom is 0.257 e. The predicted molar refractivity (Wildman–Crippen MR) is 123 cm³/mol. The number of benzene rings is 1. The van der Waals surface area contributed by atoms with Gasteiger partial charge in [0.15, 0.2) is 0 Å². The number of pyridine rings is 2. The van der Waals surface area contributed by atoms with Crippen molar-refractivity contribution in [3.05, 3.63) is 78.0 Å². The summed E-state index contributed by atoms with van der Waals surface area (Å²) < 4.78 is 48.1. The number of carbonyl (C=O) groups excluding carboxylic acids is 1. The van der Waals surface area contributed by atoms with Crippen LogP contribution in [0.1, 0.15) is 30.5 Å². The van der Waals surface area contributed by atoms with E-state index in [2.05, 4.69) is 15.3 Å². The van der Waals surface area contributed by atoms with Crippen LogP contribution in [0.4, 0.5) is 19.0 Å². The minimum absolute atomic E-state index is 0.0195. The van der Waals surface area contributed by atoms with E-state index >= 15 is 0 Å². The number of nitrogens with one attached hydrogen (secondary N) is 1. The van der Waals surface area contributed by atoms with Crippen molar-refractivity contribution in [2.24, 2.45) is 0 Å². The van der Waals surface area contributed by atoms with Gasteiger partial charge in [0.05, 0.1) is 30.5 Å². The van der Waals surface area contributed by atoms with Gasteiger partial charge in [-0.05, 0) is 61.0 Å². The second-order valence-electron chi connectivity index (χ2n) is 8.40. The van der Waals surface area contributed by atoms with E-state index in [0.717, 1.165) is 0 Å². The van der Waals surface area contributed by atoms with Gasteiger partial charge in [-0.25, -0.2) is 18.2 Å². The van der Waals surface area contributed by atoms with Crippen LogP contribution in [-0.2, 0) is 11.4 Å². The van der Waals surface area contributed by atoms with E-state index in [1.54, 1.807) is 24.0 Å². The molecule has 0 saturated carbocycles. The molecule has 184 valence electrons. The summed E-state index contributed by atoms with van der Waals surface area (Å²) in [6, 6.07) is 11.0. The molecule has 0 radical (unpaired) electrons. The number of aliphatic hydroxyl groups is 1. The zero-order valence-corrected chi connectivity index (χ0v) is 19.0. The standard InChI is InChI=1S/C25H25F3N4O3/c1-16(32-11-9-25(27,28)22(14-32)17-8-10-29-19(12-17)15-33)24(34)31-23-7-6-21(13-30-23)35-20-4-2-18(26)3-5-20/h2-8,10,12-13,16,22,33H,9,11,14-15H2,1H3,(H,30,31,34)/t16?,22-/m1/s1. The molecule has 7 nitrogen and oxygen atoms in total. The Balaban J connectivity index is 1.39. The number of rotatable bonds is 7. The molecule has 1 saturated heterocycles. The quantitative estimate of drug-likeness (QED) is 0.516. The molecule has 3 aromatic rings. The number of ether oxygens (including phenoxy) is 1. The van der Waals surface area contributed by atoms with Gasteiger partial charge in [0, 0.05) is 25.7 Å². The van der Waals surface area contributed by atoms with Crippen LogP contribution in [-0.4, -0.2) is 50.9 Å².